The molecule has 3 N–H and O–H groups in total. The number of nitrogens with zero attached hydrogens (tertiary/aromatic N) is 1. The Kier molecular flexibility index (Phi) is 4.99. The fourth-order valence-corrected chi connectivity index (χ4v) is 2.21. The number of hydrogen-bond donors (Lipinski definition) is 3. The van der Waals surface area contributed by atoms with Crippen molar-refractivity contribution in [3.63, 3.8) is 0 Å². The quantitative estimate of drug-likeness (QED) is 0.801. The Morgan fingerprint density at radius 1 is 1.12 bits per heavy atom. The second kappa shape index (κ2) is 6.80. The molecular formula is C18H20N2O4. The van der Waals surface area contributed by atoms with Crippen molar-refractivity contribution in [3.05, 3.63) is 58.8 Å². The van der Waals surface area contributed by atoms with Crippen LogP contribution in [0.5, 0.6) is 0 Å². The summed E-state index contributed by atoms with van der Waals surface area (Å²) in [5, 5.41) is 21.1. The maximum absolute atomic E-state index is 12.4. The van der Waals surface area contributed by atoms with E-state index in [1.54, 1.807) is 24.3 Å². The summed E-state index contributed by atoms with van der Waals surface area (Å²) in [6, 6.07) is 9.62. The summed E-state index contributed by atoms with van der Waals surface area (Å²) in [5.41, 5.74) is 1.02. The molecule has 0 saturated heterocycles. The molecule has 0 spiro atoms. The molecule has 1 heterocycles. The molecule has 0 saturated carbocycles. The van der Waals surface area contributed by atoms with Crippen molar-refractivity contribution in [2.24, 2.45) is 0 Å². The van der Waals surface area contributed by atoms with Gasteiger partial charge in [0.1, 0.15) is 5.82 Å². The summed E-state index contributed by atoms with van der Waals surface area (Å²) >= 11 is 0. The molecule has 0 aliphatic carbocycles. The molecule has 6 nitrogen and oxygen atoms in total. The van der Waals surface area contributed by atoms with E-state index in [2.05, 4.69) is 10.3 Å². The van der Waals surface area contributed by atoms with Crippen molar-refractivity contribution >= 4 is 17.7 Å². The normalized spacial score (nSPS) is 11.2. The largest absolute Gasteiger partial charge is 0.478 e. The number of carbonyl (C=O) groups excluding carboxylic acids is 1. The van der Waals surface area contributed by atoms with E-state index >= 15 is 0 Å². The average molecular weight is 328 g/mol. The predicted molar refractivity (Wildman–Crippen MR) is 90.2 cm³/mol. The third kappa shape index (κ3) is 3.97. The number of aliphatic hydroxyl groups is 1. The first-order valence-electron chi connectivity index (χ1n) is 7.48. The highest BCUT2D eigenvalue weighted by atomic mass is 16.4. The Morgan fingerprint density at radius 3 is 2.42 bits per heavy atom. The predicted octanol–water partition coefficient (Wildman–Crippen LogP) is 2.82. The molecule has 0 aliphatic rings. The highest BCUT2D eigenvalue weighted by molar-refractivity contribution is 6.10. The Morgan fingerprint density at radius 2 is 1.83 bits per heavy atom. The molecule has 0 aliphatic heterocycles. The number of benzene rings is 1. The molecule has 1 aromatic heterocycles. The fraction of sp³-hybridized carbons (Fsp3) is 0.278. The van der Waals surface area contributed by atoms with Crippen LogP contribution in [0.15, 0.2) is 36.4 Å². The van der Waals surface area contributed by atoms with Gasteiger partial charge >= 0.3 is 5.97 Å². The molecule has 2 aromatic rings. The van der Waals surface area contributed by atoms with Gasteiger partial charge in [0.15, 0.2) is 0 Å². The number of rotatable bonds is 4. The molecule has 126 valence electrons. The van der Waals surface area contributed by atoms with Gasteiger partial charge in [-0.05, 0) is 35.2 Å². The lowest BCUT2D eigenvalue weighted by molar-refractivity contribution is 0.0692. The van der Waals surface area contributed by atoms with Crippen LogP contribution in [-0.4, -0.2) is 27.1 Å². The van der Waals surface area contributed by atoms with Gasteiger partial charge in [-0.25, -0.2) is 9.78 Å². The van der Waals surface area contributed by atoms with E-state index in [0.717, 1.165) is 5.56 Å². The highest BCUT2D eigenvalue weighted by Gasteiger charge is 2.21. The summed E-state index contributed by atoms with van der Waals surface area (Å²) < 4.78 is 0. The molecule has 0 unspecified atom stereocenters. The first-order chi connectivity index (χ1) is 11.2. The van der Waals surface area contributed by atoms with E-state index in [0.29, 0.717) is 5.69 Å². The highest BCUT2D eigenvalue weighted by Crippen LogP contribution is 2.25. The lowest BCUT2D eigenvalue weighted by Gasteiger charge is -2.20. The van der Waals surface area contributed by atoms with Crippen LogP contribution in [0.1, 0.15) is 52.7 Å². The molecule has 6 heteroatoms. The van der Waals surface area contributed by atoms with E-state index in [4.69, 9.17) is 5.11 Å². The van der Waals surface area contributed by atoms with Crippen LogP contribution in [0.4, 0.5) is 5.82 Å². The minimum atomic E-state index is -1.16. The van der Waals surface area contributed by atoms with Crippen LogP contribution in [0.25, 0.3) is 0 Å². The van der Waals surface area contributed by atoms with Gasteiger partial charge in [-0.3, -0.25) is 4.79 Å². The molecule has 1 amide bonds. The molecule has 0 bridgehead atoms. The second-order valence-corrected chi connectivity index (χ2v) is 6.44. The monoisotopic (exact) mass is 328 g/mol. The Hall–Kier alpha value is -2.73. The zero-order valence-electron chi connectivity index (χ0n) is 13.8. The van der Waals surface area contributed by atoms with Crippen LogP contribution < -0.4 is 5.32 Å². The van der Waals surface area contributed by atoms with Gasteiger partial charge in [-0.15, -0.1) is 0 Å². The Labute approximate surface area is 140 Å². The number of carboxylic acids is 1. The number of pyridine rings is 1. The van der Waals surface area contributed by atoms with Gasteiger partial charge in [0, 0.05) is 0 Å². The lowest BCUT2D eigenvalue weighted by Crippen LogP contribution is -2.19. The molecule has 0 atom stereocenters. The molecule has 24 heavy (non-hydrogen) atoms. The minimum Gasteiger partial charge on any atom is -0.478 e. The number of aromatic nitrogens is 1. The van der Waals surface area contributed by atoms with E-state index in [1.165, 1.54) is 12.1 Å². The van der Waals surface area contributed by atoms with E-state index in [1.807, 2.05) is 20.8 Å². The van der Waals surface area contributed by atoms with Crippen molar-refractivity contribution in [3.8, 4) is 0 Å². The maximum atomic E-state index is 12.4. The van der Waals surface area contributed by atoms with Gasteiger partial charge < -0.3 is 15.5 Å². The standard InChI is InChI=1S/C18H20N2O4/c1-18(2,3)11-7-8-13(14(9-11)17(23)24)16(22)20-15-6-4-5-12(10-21)19-15/h4-9,21H,10H2,1-3H3,(H,23,24)(H,19,20,22). The molecule has 0 fully saturated rings. The van der Waals surface area contributed by atoms with Crippen LogP contribution >= 0.6 is 0 Å². The number of carboxylic acid groups (broad SMARTS) is 1. The first kappa shape index (κ1) is 17.6. The number of nitrogens with one attached hydrogen (secondary N) is 1. The summed E-state index contributed by atoms with van der Waals surface area (Å²) in [7, 11) is 0. The molecular weight excluding hydrogens is 308 g/mol. The number of aromatic carboxylic acids is 1. The Bertz CT molecular complexity index is 779. The number of carbonyl (C=O) groups is 2. The second-order valence-electron chi connectivity index (χ2n) is 6.44. The first-order valence-corrected chi connectivity index (χ1v) is 7.48. The van der Waals surface area contributed by atoms with E-state index in [-0.39, 0.29) is 29.0 Å². The molecule has 0 radical (unpaired) electrons. The topological polar surface area (TPSA) is 99.5 Å². The van der Waals surface area contributed by atoms with E-state index < -0.39 is 11.9 Å². The Balaban J connectivity index is 2.36. The maximum Gasteiger partial charge on any atom is 0.336 e. The zero-order chi connectivity index (χ0) is 17.9. The molecule has 1 aromatic carbocycles. The van der Waals surface area contributed by atoms with Crippen LogP contribution in [0.3, 0.4) is 0 Å². The summed E-state index contributed by atoms with van der Waals surface area (Å²) in [6.07, 6.45) is 0. The van der Waals surface area contributed by atoms with Gasteiger partial charge in [0.2, 0.25) is 0 Å². The van der Waals surface area contributed by atoms with Crippen molar-refractivity contribution in [1.29, 1.82) is 0 Å². The number of amides is 1. The average Bonchev–Trinajstić information content (AvgIpc) is 2.53. The lowest BCUT2D eigenvalue weighted by atomic mass is 9.85. The van der Waals surface area contributed by atoms with Crippen molar-refractivity contribution in [2.45, 2.75) is 32.8 Å². The summed E-state index contributed by atoms with van der Waals surface area (Å²) in [6.45, 7) is 5.67. The van der Waals surface area contributed by atoms with Crippen LogP contribution in [0.2, 0.25) is 0 Å². The number of aliphatic hydroxyl groups excluding tert-OH is 1. The van der Waals surface area contributed by atoms with Gasteiger partial charge in [-0.2, -0.15) is 0 Å². The van der Waals surface area contributed by atoms with Crippen molar-refractivity contribution in [2.75, 3.05) is 5.32 Å². The van der Waals surface area contributed by atoms with Gasteiger partial charge in [0.05, 0.1) is 23.4 Å². The SMILES string of the molecule is CC(C)(C)c1ccc(C(=O)Nc2cccc(CO)n2)c(C(=O)O)c1. The number of anilines is 1. The summed E-state index contributed by atoms with van der Waals surface area (Å²) in [4.78, 5) is 28.0. The summed E-state index contributed by atoms with van der Waals surface area (Å²) in [5.74, 6) is -1.47. The van der Waals surface area contributed by atoms with Crippen molar-refractivity contribution in [1.82, 2.24) is 4.98 Å². The molecule has 2 rings (SSSR count). The smallest absolute Gasteiger partial charge is 0.336 e. The minimum absolute atomic E-state index is 0.0572. The van der Waals surface area contributed by atoms with Crippen molar-refractivity contribution < 1.29 is 19.8 Å². The van der Waals surface area contributed by atoms with Crippen LogP contribution in [0, 0.1) is 0 Å². The third-order valence-electron chi connectivity index (χ3n) is 3.57. The fourth-order valence-electron chi connectivity index (χ4n) is 2.21. The van der Waals surface area contributed by atoms with Crippen LogP contribution in [-0.2, 0) is 12.0 Å². The van der Waals surface area contributed by atoms with E-state index in [9.17, 15) is 14.7 Å². The van der Waals surface area contributed by atoms with Gasteiger partial charge in [-0.1, -0.05) is 32.9 Å². The zero-order valence-corrected chi connectivity index (χ0v) is 13.8. The number of hydrogen-bond acceptors (Lipinski definition) is 4. The third-order valence-corrected chi connectivity index (χ3v) is 3.57. The van der Waals surface area contributed by atoms with Gasteiger partial charge in [0.25, 0.3) is 5.91 Å².